The monoisotopic (exact) mass is 268 g/mol. The van der Waals surface area contributed by atoms with Crippen molar-refractivity contribution in [3.05, 3.63) is 40.7 Å². The van der Waals surface area contributed by atoms with Crippen LogP contribution < -0.4 is 0 Å². The number of nitriles is 1. The van der Waals surface area contributed by atoms with Crippen LogP contribution in [-0.4, -0.2) is 21.6 Å². The Morgan fingerprint density at radius 2 is 2.25 bits per heavy atom. The molecule has 3 rings (SSSR count). The number of benzene rings is 1. The lowest BCUT2D eigenvalue weighted by molar-refractivity contribution is 0.106. The van der Waals surface area contributed by atoms with E-state index in [0.717, 1.165) is 42.0 Å². The van der Waals surface area contributed by atoms with Crippen LogP contribution in [0.5, 0.6) is 0 Å². The Hall–Kier alpha value is -2.19. The minimum absolute atomic E-state index is 0.0837. The fourth-order valence-electron chi connectivity index (χ4n) is 2.58. The van der Waals surface area contributed by atoms with E-state index < -0.39 is 0 Å². The Bertz CT molecular complexity index is 678. The molecule has 1 aromatic heterocycles. The summed E-state index contributed by atoms with van der Waals surface area (Å²) in [6.07, 6.45) is 1.83. The van der Waals surface area contributed by atoms with Gasteiger partial charge in [0, 0.05) is 6.61 Å². The van der Waals surface area contributed by atoms with Crippen molar-refractivity contribution in [2.24, 2.45) is 0 Å². The van der Waals surface area contributed by atoms with Crippen molar-refractivity contribution in [2.75, 3.05) is 6.61 Å². The third kappa shape index (κ3) is 2.08. The van der Waals surface area contributed by atoms with Crippen LogP contribution in [0.1, 0.15) is 41.5 Å². The van der Waals surface area contributed by atoms with Crippen molar-refractivity contribution < 1.29 is 4.74 Å². The van der Waals surface area contributed by atoms with Gasteiger partial charge >= 0.3 is 0 Å². The standard InChI is InChI=1S/C15H16N4O/c1-10-5-6-11(2)13(8-10)19-15(12(9-16)17-18-19)14-4-3-7-20-14/h5-6,8,14H,3-4,7H2,1-2H3. The first kappa shape index (κ1) is 12.8. The second-order valence-corrected chi connectivity index (χ2v) is 5.14. The fourth-order valence-corrected chi connectivity index (χ4v) is 2.58. The summed E-state index contributed by atoms with van der Waals surface area (Å²) in [7, 11) is 0. The van der Waals surface area contributed by atoms with Crippen LogP contribution >= 0.6 is 0 Å². The highest BCUT2D eigenvalue weighted by molar-refractivity contribution is 5.45. The molecule has 1 aromatic carbocycles. The van der Waals surface area contributed by atoms with Crippen LogP contribution in [0.25, 0.3) is 5.69 Å². The molecule has 0 N–H and O–H groups in total. The van der Waals surface area contributed by atoms with Crippen LogP contribution in [-0.2, 0) is 4.74 Å². The Morgan fingerprint density at radius 3 is 2.95 bits per heavy atom. The van der Waals surface area contributed by atoms with E-state index in [9.17, 15) is 5.26 Å². The van der Waals surface area contributed by atoms with Gasteiger partial charge in [-0.3, -0.25) is 0 Å². The van der Waals surface area contributed by atoms with Crippen molar-refractivity contribution in [1.29, 1.82) is 5.26 Å². The zero-order valence-corrected chi connectivity index (χ0v) is 11.6. The van der Waals surface area contributed by atoms with Gasteiger partial charge in [-0.1, -0.05) is 17.3 Å². The minimum Gasteiger partial charge on any atom is -0.372 e. The van der Waals surface area contributed by atoms with Crippen LogP contribution in [0.4, 0.5) is 0 Å². The molecule has 0 aliphatic carbocycles. The van der Waals surface area contributed by atoms with Gasteiger partial charge in [-0.2, -0.15) is 5.26 Å². The van der Waals surface area contributed by atoms with Crippen molar-refractivity contribution in [3.63, 3.8) is 0 Å². The first-order valence-corrected chi connectivity index (χ1v) is 6.75. The maximum Gasteiger partial charge on any atom is 0.189 e. The quantitative estimate of drug-likeness (QED) is 0.839. The largest absolute Gasteiger partial charge is 0.372 e. The fraction of sp³-hybridized carbons (Fsp3) is 0.400. The number of rotatable bonds is 2. The molecule has 5 heteroatoms. The predicted octanol–water partition coefficient (Wildman–Crippen LogP) is 2.61. The Balaban J connectivity index is 2.16. The second kappa shape index (κ2) is 5.06. The number of hydrogen-bond donors (Lipinski definition) is 0. The summed E-state index contributed by atoms with van der Waals surface area (Å²) in [6.45, 7) is 4.80. The topological polar surface area (TPSA) is 63.7 Å². The number of aromatic nitrogens is 3. The van der Waals surface area contributed by atoms with Crippen LogP contribution in [0.15, 0.2) is 18.2 Å². The Kier molecular flexibility index (Phi) is 3.25. The summed E-state index contributed by atoms with van der Waals surface area (Å²) >= 11 is 0. The third-order valence-corrected chi connectivity index (χ3v) is 3.64. The van der Waals surface area contributed by atoms with Gasteiger partial charge in [0.2, 0.25) is 0 Å². The molecular formula is C15H16N4O. The Labute approximate surface area is 117 Å². The molecule has 0 radical (unpaired) electrons. The summed E-state index contributed by atoms with van der Waals surface area (Å²) in [6, 6.07) is 8.30. The molecule has 2 aromatic rings. The first-order chi connectivity index (χ1) is 9.70. The smallest absolute Gasteiger partial charge is 0.189 e. The van der Waals surface area contributed by atoms with E-state index in [0.29, 0.717) is 5.69 Å². The maximum atomic E-state index is 9.24. The van der Waals surface area contributed by atoms with E-state index in [2.05, 4.69) is 34.6 Å². The van der Waals surface area contributed by atoms with Crippen molar-refractivity contribution in [2.45, 2.75) is 32.8 Å². The number of aryl methyl sites for hydroxylation is 2. The molecule has 1 fully saturated rings. The predicted molar refractivity (Wildman–Crippen MR) is 73.5 cm³/mol. The zero-order valence-electron chi connectivity index (χ0n) is 11.6. The maximum absolute atomic E-state index is 9.24. The molecule has 5 nitrogen and oxygen atoms in total. The molecule has 1 aliphatic rings. The van der Waals surface area contributed by atoms with E-state index in [-0.39, 0.29) is 6.10 Å². The van der Waals surface area contributed by atoms with Gasteiger partial charge in [0.15, 0.2) is 5.69 Å². The summed E-state index contributed by atoms with van der Waals surface area (Å²) < 4.78 is 7.48. The van der Waals surface area contributed by atoms with Crippen molar-refractivity contribution in [1.82, 2.24) is 15.0 Å². The van der Waals surface area contributed by atoms with E-state index >= 15 is 0 Å². The van der Waals surface area contributed by atoms with E-state index in [1.807, 2.05) is 13.8 Å². The van der Waals surface area contributed by atoms with E-state index in [1.54, 1.807) is 4.68 Å². The number of hydrogen-bond acceptors (Lipinski definition) is 4. The summed E-state index contributed by atoms with van der Waals surface area (Å²) in [5.74, 6) is 0. The first-order valence-electron chi connectivity index (χ1n) is 6.75. The Morgan fingerprint density at radius 1 is 1.40 bits per heavy atom. The molecule has 20 heavy (non-hydrogen) atoms. The highest BCUT2D eigenvalue weighted by Crippen LogP contribution is 2.32. The lowest BCUT2D eigenvalue weighted by Gasteiger charge is -2.14. The summed E-state index contributed by atoms with van der Waals surface area (Å²) in [4.78, 5) is 0. The number of ether oxygens (including phenoxy) is 1. The van der Waals surface area contributed by atoms with Crippen LogP contribution in [0.2, 0.25) is 0 Å². The van der Waals surface area contributed by atoms with Crippen LogP contribution in [0, 0.1) is 25.2 Å². The van der Waals surface area contributed by atoms with Gasteiger partial charge < -0.3 is 4.74 Å². The normalized spacial score (nSPS) is 18.1. The minimum atomic E-state index is -0.0837. The van der Waals surface area contributed by atoms with Crippen LogP contribution in [0.3, 0.4) is 0 Å². The molecule has 0 bridgehead atoms. The van der Waals surface area contributed by atoms with Crippen molar-refractivity contribution in [3.8, 4) is 11.8 Å². The van der Waals surface area contributed by atoms with Gasteiger partial charge in [0.25, 0.3) is 0 Å². The average molecular weight is 268 g/mol. The number of nitrogens with zero attached hydrogens (tertiary/aromatic N) is 4. The lowest BCUT2D eigenvalue weighted by Crippen LogP contribution is -2.09. The lowest BCUT2D eigenvalue weighted by atomic mass is 10.1. The zero-order chi connectivity index (χ0) is 14.1. The average Bonchev–Trinajstić information content (AvgIpc) is 3.08. The van der Waals surface area contributed by atoms with Gasteiger partial charge in [-0.25, -0.2) is 4.68 Å². The molecule has 1 saturated heterocycles. The highest BCUT2D eigenvalue weighted by Gasteiger charge is 2.27. The molecule has 102 valence electrons. The van der Waals surface area contributed by atoms with Gasteiger partial charge in [0.05, 0.1) is 5.69 Å². The highest BCUT2D eigenvalue weighted by atomic mass is 16.5. The molecule has 0 saturated carbocycles. The molecule has 1 unspecified atom stereocenters. The summed E-state index contributed by atoms with van der Waals surface area (Å²) in [5, 5.41) is 17.4. The van der Waals surface area contributed by atoms with Crippen molar-refractivity contribution >= 4 is 0 Å². The second-order valence-electron chi connectivity index (χ2n) is 5.14. The van der Waals surface area contributed by atoms with Gasteiger partial charge in [0.1, 0.15) is 17.9 Å². The van der Waals surface area contributed by atoms with E-state index in [1.165, 1.54) is 0 Å². The van der Waals surface area contributed by atoms with Gasteiger partial charge in [-0.15, -0.1) is 5.10 Å². The molecule has 1 atom stereocenters. The molecule has 1 aliphatic heterocycles. The SMILES string of the molecule is Cc1ccc(C)c(-n2nnc(C#N)c2C2CCCO2)c1. The molecule has 2 heterocycles. The molecular weight excluding hydrogens is 252 g/mol. The van der Waals surface area contributed by atoms with E-state index in [4.69, 9.17) is 4.74 Å². The molecule has 0 spiro atoms. The summed E-state index contributed by atoms with van der Waals surface area (Å²) in [5.41, 5.74) is 4.35. The third-order valence-electron chi connectivity index (χ3n) is 3.64. The molecule has 0 amide bonds. The van der Waals surface area contributed by atoms with Gasteiger partial charge in [-0.05, 0) is 43.9 Å².